The molecule has 0 bridgehead atoms. The molecular formula is C30H44N6O6. The molecule has 1 atom stereocenters. The molecule has 2 N–H and O–H groups in total. The Hall–Kier alpha value is -3.44. The molecule has 0 aromatic carbocycles. The summed E-state index contributed by atoms with van der Waals surface area (Å²) in [7, 11) is 0. The summed E-state index contributed by atoms with van der Waals surface area (Å²) in [5.74, 6) is 0.520. The number of aliphatic carboxylic acids is 1. The number of fused-ring (bicyclic) bond motifs is 1. The number of pyridine rings is 2. The molecule has 0 unspecified atom stereocenters. The van der Waals surface area contributed by atoms with E-state index < -0.39 is 5.97 Å². The lowest BCUT2D eigenvalue weighted by Gasteiger charge is -2.18. The number of unbranched alkanes of at least 4 members (excludes halogenated alkanes) is 3. The highest BCUT2D eigenvalue weighted by molar-refractivity contribution is 5.68. The molecule has 0 saturated heterocycles. The minimum atomic E-state index is -0.827. The molecule has 0 spiro atoms. The second kappa shape index (κ2) is 20.4. The average molecular weight is 585 g/mol. The Morgan fingerprint density at radius 1 is 1.02 bits per heavy atom. The van der Waals surface area contributed by atoms with Crippen LogP contribution in [-0.2, 0) is 31.8 Å². The summed E-state index contributed by atoms with van der Waals surface area (Å²) in [6.45, 7) is 4.04. The monoisotopic (exact) mass is 584 g/mol. The van der Waals surface area contributed by atoms with Gasteiger partial charge in [0.05, 0.1) is 46.1 Å². The summed E-state index contributed by atoms with van der Waals surface area (Å²) < 4.78 is 22.1. The normalized spacial score (nSPS) is 13.0. The van der Waals surface area contributed by atoms with Crippen molar-refractivity contribution >= 4 is 11.8 Å². The zero-order valence-corrected chi connectivity index (χ0v) is 24.4. The molecule has 2 aromatic rings. The van der Waals surface area contributed by atoms with Crippen molar-refractivity contribution in [1.82, 2.24) is 9.97 Å². The largest absolute Gasteiger partial charge is 0.481 e. The second-order valence-electron chi connectivity index (χ2n) is 10.1. The van der Waals surface area contributed by atoms with E-state index in [1.165, 1.54) is 5.56 Å². The van der Waals surface area contributed by atoms with Crippen molar-refractivity contribution in [3.05, 3.63) is 57.7 Å². The summed E-state index contributed by atoms with van der Waals surface area (Å²) in [6, 6.07) is 8.08. The van der Waals surface area contributed by atoms with Gasteiger partial charge in [0.1, 0.15) is 12.4 Å². The van der Waals surface area contributed by atoms with Gasteiger partial charge in [-0.2, -0.15) is 0 Å². The quantitative estimate of drug-likeness (QED) is 0.0761. The Balaban J connectivity index is 1.32. The summed E-state index contributed by atoms with van der Waals surface area (Å²) in [4.78, 5) is 23.5. The Morgan fingerprint density at radius 2 is 1.79 bits per heavy atom. The molecular weight excluding hydrogens is 540 g/mol. The van der Waals surface area contributed by atoms with Gasteiger partial charge in [-0.1, -0.05) is 36.5 Å². The fraction of sp³-hybridized carbons (Fsp3) is 0.633. The average Bonchev–Trinajstić information content (AvgIpc) is 3.00. The predicted octanol–water partition coefficient (Wildman–Crippen LogP) is 5.33. The summed E-state index contributed by atoms with van der Waals surface area (Å²) in [5, 5.41) is 16.3. The predicted molar refractivity (Wildman–Crippen MR) is 159 cm³/mol. The van der Waals surface area contributed by atoms with Crippen molar-refractivity contribution in [3.8, 4) is 5.88 Å². The highest BCUT2D eigenvalue weighted by atomic mass is 16.6. The van der Waals surface area contributed by atoms with E-state index in [0.29, 0.717) is 58.7 Å². The van der Waals surface area contributed by atoms with Crippen molar-refractivity contribution in [2.24, 2.45) is 5.11 Å². The molecule has 42 heavy (non-hydrogen) atoms. The fourth-order valence-corrected chi connectivity index (χ4v) is 4.86. The second-order valence-corrected chi connectivity index (χ2v) is 10.1. The van der Waals surface area contributed by atoms with Crippen LogP contribution >= 0.6 is 0 Å². The topological polar surface area (TPSA) is 161 Å². The summed E-state index contributed by atoms with van der Waals surface area (Å²) in [6.07, 6.45) is 9.79. The number of nitrogens with one attached hydrogen (secondary N) is 1. The summed E-state index contributed by atoms with van der Waals surface area (Å²) in [5.41, 5.74) is 11.5. The smallest absolute Gasteiger partial charge is 0.303 e. The maximum atomic E-state index is 11.6. The van der Waals surface area contributed by atoms with Crippen LogP contribution in [0.15, 0.2) is 35.6 Å². The van der Waals surface area contributed by atoms with Crippen LogP contribution in [0.5, 0.6) is 5.88 Å². The molecule has 0 saturated carbocycles. The highest BCUT2D eigenvalue weighted by Gasteiger charge is 2.20. The third kappa shape index (κ3) is 13.0. The number of ether oxygens (including phenoxy) is 4. The van der Waals surface area contributed by atoms with Crippen molar-refractivity contribution in [3.63, 3.8) is 0 Å². The highest BCUT2D eigenvalue weighted by Crippen LogP contribution is 2.32. The van der Waals surface area contributed by atoms with Gasteiger partial charge in [-0.25, -0.2) is 9.97 Å². The molecule has 0 radical (unpaired) electrons. The van der Waals surface area contributed by atoms with Gasteiger partial charge < -0.3 is 29.4 Å². The van der Waals surface area contributed by atoms with Crippen molar-refractivity contribution in [1.29, 1.82) is 0 Å². The number of anilines is 1. The number of hydrogen-bond acceptors (Lipinski definition) is 9. The summed E-state index contributed by atoms with van der Waals surface area (Å²) >= 11 is 0. The number of carbonyl (C=O) groups is 1. The van der Waals surface area contributed by atoms with E-state index in [-0.39, 0.29) is 12.3 Å². The first-order chi connectivity index (χ1) is 20.7. The maximum absolute atomic E-state index is 11.6. The Labute approximate surface area is 247 Å². The molecule has 3 heterocycles. The number of azide groups is 1. The van der Waals surface area contributed by atoms with E-state index in [9.17, 15) is 9.90 Å². The number of aromatic nitrogens is 2. The third-order valence-corrected chi connectivity index (χ3v) is 6.96. The van der Waals surface area contributed by atoms with Crippen LogP contribution in [0.4, 0.5) is 5.82 Å². The van der Waals surface area contributed by atoms with Gasteiger partial charge in [0.15, 0.2) is 0 Å². The molecule has 0 amide bonds. The molecule has 2 aromatic heterocycles. The lowest BCUT2D eigenvalue weighted by Crippen LogP contribution is -2.15. The molecule has 1 aliphatic rings. The first-order valence-corrected chi connectivity index (χ1v) is 14.9. The van der Waals surface area contributed by atoms with Crippen LogP contribution in [0.3, 0.4) is 0 Å². The Kier molecular flexibility index (Phi) is 16.1. The number of aryl methyl sites for hydroxylation is 2. The molecule has 0 fully saturated rings. The van der Waals surface area contributed by atoms with Crippen molar-refractivity contribution < 1.29 is 28.8 Å². The molecule has 1 aliphatic heterocycles. The standard InChI is InChI=1S/C30H44N6O6/c31-36-34-15-16-39-17-18-40-19-20-41-21-22-42-30-27(10-6-14-33-30)25(23-28(37)38)7-3-1-2-4-9-26-12-11-24-8-5-13-32-29(24)35-26/h6,10-12,14,25H,1-5,7-9,13,15-23H2,(H,32,35)(H,37,38)/t25-/m1/s1. The van der Waals surface area contributed by atoms with E-state index in [4.69, 9.17) is 29.5 Å². The van der Waals surface area contributed by atoms with E-state index in [1.54, 1.807) is 6.20 Å². The van der Waals surface area contributed by atoms with Gasteiger partial charge in [-0.05, 0) is 61.2 Å². The molecule has 3 rings (SSSR count). The van der Waals surface area contributed by atoms with Gasteiger partial charge in [0, 0.05) is 35.5 Å². The van der Waals surface area contributed by atoms with Crippen LogP contribution in [0.25, 0.3) is 10.4 Å². The van der Waals surface area contributed by atoms with E-state index in [1.807, 2.05) is 12.1 Å². The minimum absolute atomic E-state index is 0.0389. The van der Waals surface area contributed by atoms with Crippen LogP contribution in [-0.4, -0.2) is 80.4 Å². The number of carboxylic acids is 1. The fourth-order valence-electron chi connectivity index (χ4n) is 4.86. The Bertz CT molecular complexity index is 1110. The first-order valence-electron chi connectivity index (χ1n) is 14.9. The molecule has 12 nitrogen and oxygen atoms in total. The number of carboxylic acid groups (broad SMARTS) is 1. The maximum Gasteiger partial charge on any atom is 0.303 e. The van der Waals surface area contributed by atoms with Gasteiger partial charge >= 0.3 is 5.97 Å². The van der Waals surface area contributed by atoms with E-state index in [0.717, 1.165) is 75.0 Å². The van der Waals surface area contributed by atoms with Crippen LogP contribution in [0.2, 0.25) is 0 Å². The SMILES string of the molecule is [N-]=[N+]=NCCOCCOCCOCCOc1ncccc1[C@H](CCCCCCc1ccc2c(n1)NCCC2)CC(=O)O. The lowest BCUT2D eigenvalue weighted by molar-refractivity contribution is -0.137. The van der Waals surface area contributed by atoms with Crippen LogP contribution in [0, 0.1) is 0 Å². The third-order valence-electron chi connectivity index (χ3n) is 6.96. The lowest BCUT2D eigenvalue weighted by atomic mass is 9.90. The van der Waals surface area contributed by atoms with E-state index >= 15 is 0 Å². The Morgan fingerprint density at radius 3 is 2.57 bits per heavy atom. The van der Waals surface area contributed by atoms with Gasteiger partial charge in [-0.15, -0.1) is 0 Å². The zero-order valence-electron chi connectivity index (χ0n) is 24.4. The van der Waals surface area contributed by atoms with Gasteiger partial charge in [0.25, 0.3) is 0 Å². The van der Waals surface area contributed by atoms with Gasteiger partial charge in [-0.3, -0.25) is 4.79 Å². The van der Waals surface area contributed by atoms with Crippen molar-refractivity contribution in [2.75, 3.05) is 64.7 Å². The number of hydrogen-bond donors (Lipinski definition) is 2. The first kappa shape index (κ1) is 33.1. The van der Waals surface area contributed by atoms with Crippen molar-refractivity contribution in [2.45, 2.75) is 63.7 Å². The molecule has 230 valence electrons. The number of nitrogens with zero attached hydrogens (tertiary/aromatic N) is 5. The van der Waals surface area contributed by atoms with Gasteiger partial charge in [0.2, 0.25) is 5.88 Å². The van der Waals surface area contributed by atoms with Crippen LogP contribution < -0.4 is 10.1 Å². The van der Waals surface area contributed by atoms with Crippen LogP contribution in [0.1, 0.15) is 67.7 Å². The van der Waals surface area contributed by atoms with E-state index in [2.05, 4.69) is 32.5 Å². The minimum Gasteiger partial charge on any atom is -0.481 e. The molecule has 0 aliphatic carbocycles. The molecule has 12 heteroatoms. The zero-order chi connectivity index (χ0) is 29.7. The number of rotatable bonds is 23.